The third-order valence-corrected chi connectivity index (χ3v) is 8.14. The van der Waals surface area contributed by atoms with E-state index in [1.165, 1.54) is 15.6 Å². The highest BCUT2D eigenvalue weighted by Crippen LogP contribution is 2.27. The van der Waals surface area contributed by atoms with E-state index in [2.05, 4.69) is 10.3 Å². The predicted octanol–water partition coefficient (Wildman–Crippen LogP) is 4.38. The van der Waals surface area contributed by atoms with E-state index < -0.39 is 10.0 Å². The molecule has 1 fully saturated rings. The van der Waals surface area contributed by atoms with Crippen LogP contribution in [0.4, 0.5) is 5.69 Å². The van der Waals surface area contributed by atoms with E-state index >= 15 is 0 Å². The Bertz CT molecular complexity index is 1180. The Hall–Kier alpha value is -2.49. The number of hydrogen-bond donors (Lipinski definition) is 1. The van der Waals surface area contributed by atoms with Crippen LogP contribution in [-0.4, -0.2) is 36.7 Å². The fraction of sp³-hybridized carbons (Fsp3) is 0.364. The second kappa shape index (κ2) is 8.94. The molecule has 1 aromatic carbocycles. The normalized spacial score (nSPS) is 15.2. The molecule has 3 heterocycles. The Morgan fingerprint density at radius 1 is 1.19 bits per heavy atom. The van der Waals surface area contributed by atoms with Crippen LogP contribution in [0.1, 0.15) is 36.3 Å². The van der Waals surface area contributed by atoms with Gasteiger partial charge in [-0.3, -0.25) is 4.79 Å². The third kappa shape index (κ3) is 4.73. The average Bonchev–Trinajstić information content (AvgIpc) is 3.40. The molecule has 0 saturated carbocycles. The van der Waals surface area contributed by atoms with E-state index in [0.717, 1.165) is 29.7 Å². The summed E-state index contributed by atoms with van der Waals surface area (Å²) in [4.78, 5) is 18.3. The lowest BCUT2D eigenvalue weighted by Gasteiger charge is -2.26. The molecule has 0 aliphatic carbocycles. The van der Waals surface area contributed by atoms with E-state index in [-0.39, 0.29) is 17.2 Å². The van der Waals surface area contributed by atoms with Crippen molar-refractivity contribution < 1.29 is 17.6 Å². The molecule has 9 heteroatoms. The first-order valence-electron chi connectivity index (χ1n) is 10.3. The van der Waals surface area contributed by atoms with Crippen LogP contribution in [0.3, 0.4) is 0 Å². The maximum atomic E-state index is 13.0. The minimum Gasteiger partial charge on any atom is -0.440 e. The number of amides is 1. The van der Waals surface area contributed by atoms with Crippen LogP contribution >= 0.6 is 11.3 Å². The third-order valence-electron chi connectivity index (χ3n) is 5.39. The first-order chi connectivity index (χ1) is 14.8. The van der Waals surface area contributed by atoms with Gasteiger partial charge in [-0.2, -0.15) is 4.31 Å². The Balaban J connectivity index is 1.50. The summed E-state index contributed by atoms with van der Waals surface area (Å²) in [5, 5.41) is 4.78. The summed E-state index contributed by atoms with van der Waals surface area (Å²) in [5.74, 6) is 0.822. The van der Waals surface area contributed by atoms with Crippen LogP contribution in [0.2, 0.25) is 0 Å². The van der Waals surface area contributed by atoms with Crippen LogP contribution in [0.15, 0.2) is 45.0 Å². The molecule has 0 bridgehead atoms. The van der Waals surface area contributed by atoms with Gasteiger partial charge in [0.2, 0.25) is 21.8 Å². The van der Waals surface area contributed by atoms with E-state index in [1.807, 2.05) is 24.4 Å². The minimum atomic E-state index is -3.57. The first-order valence-corrected chi connectivity index (χ1v) is 12.6. The number of anilines is 1. The van der Waals surface area contributed by atoms with E-state index in [4.69, 9.17) is 4.42 Å². The van der Waals surface area contributed by atoms with Crippen molar-refractivity contribution in [1.29, 1.82) is 0 Å². The Morgan fingerprint density at radius 2 is 1.97 bits per heavy atom. The fourth-order valence-electron chi connectivity index (χ4n) is 3.59. The molecule has 0 unspecified atom stereocenters. The predicted molar refractivity (Wildman–Crippen MR) is 121 cm³/mol. The molecule has 3 aromatic rings. The molecule has 164 valence electrons. The zero-order valence-corrected chi connectivity index (χ0v) is 19.2. The number of aryl methyl sites for hydroxylation is 2. The van der Waals surface area contributed by atoms with Gasteiger partial charge >= 0.3 is 0 Å². The highest BCUT2D eigenvalue weighted by atomic mass is 32.2. The van der Waals surface area contributed by atoms with Crippen LogP contribution in [0, 0.1) is 13.8 Å². The van der Waals surface area contributed by atoms with Crippen LogP contribution in [-0.2, 0) is 21.2 Å². The molecule has 0 atom stereocenters. The molecule has 7 nitrogen and oxygen atoms in total. The highest BCUT2D eigenvalue weighted by Gasteiger charge is 2.26. The van der Waals surface area contributed by atoms with Gasteiger partial charge < -0.3 is 9.73 Å². The SMILES string of the molecule is Cc1ccc(S(=O)(=O)N2CCCCC2)cc1NC(=O)Cc1nc(-c2cccs2)oc1C. The monoisotopic (exact) mass is 459 g/mol. The van der Waals surface area contributed by atoms with Gasteiger partial charge in [0.25, 0.3) is 0 Å². The Labute approximate surface area is 186 Å². The van der Waals surface area contributed by atoms with Crippen molar-refractivity contribution in [3.63, 3.8) is 0 Å². The number of carbonyl (C=O) groups excluding carboxylic acids is 1. The second-order valence-corrected chi connectivity index (χ2v) is 10.6. The number of nitrogens with one attached hydrogen (secondary N) is 1. The van der Waals surface area contributed by atoms with Gasteiger partial charge in [-0.05, 0) is 55.8 Å². The summed E-state index contributed by atoms with van der Waals surface area (Å²) in [6.07, 6.45) is 2.85. The van der Waals surface area contributed by atoms with Gasteiger partial charge in [0, 0.05) is 18.8 Å². The standard InChI is InChI=1S/C22H25N3O4S2/c1-15-8-9-17(31(27,28)25-10-4-3-5-11-25)13-18(15)23-21(26)14-19-16(2)29-22(24-19)20-7-6-12-30-20/h6-9,12-13H,3-5,10-11,14H2,1-2H3,(H,23,26). The molecular weight excluding hydrogens is 434 g/mol. The summed E-state index contributed by atoms with van der Waals surface area (Å²) in [5.41, 5.74) is 1.85. The summed E-state index contributed by atoms with van der Waals surface area (Å²) in [6, 6.07) is 8.70. The number of carbonyl (C=O) groups is 1. The fourth-order valence-corrected chi connectivity index (χ4v) is 5.79. The largest absolute Gasteiger partial charge is 0.440 e. The number of hydrogen-bond acceptors (Lipinski definition) is 6. The van der Waals surface area contributed by atoms with Crippen molar-refractivity contribution in [1.82, 2.24) is 9.29 Å². The van der Waals surface area contributed by atoms with Gasteiger partial charge in [-0.1, -0.05) is 18.6 Å². The molecule has 1 aliphatic rings. The number of thiophene rings is 1. The molecule has 1 saturated heterocycles. The van der Waals surface area contributed by atoms with Crippen molar-refractivity contribution in [3.05, 3.63) is 52.7 Å². The van der Waals surface area contributed by atoms with E-state index in [9.17, 15) is 13.2 Å². The molecule has 1 amide bonds. The smallest absolute Gasteiger partial charge is 0.243 e. The van der Waals surface area contributed by atoms with Gasteiger partial charge in [-0.25, -0.2) is 13.4 Å². The number of nitrogens with zero attached hydrogens (tertiary/aromatic N) is 2. The molecular formula is C22H25N3O4S2. The number of aromatic nitrogens is 1. The maximum Gasteiger partial charge on any atom is 0.243 e. The minimum absolute atomic E-state index is 0.0449. The van der Waals surface area contributed by atoms with Gasteiger partial charge in [0.15, 0.2) is 0 Å². The number of rotatable bonds is 6. The zero-order chi connectivity index (χ0) is 22.0. The van der Waals surface area contributed by atoms with Crippen molar-refractivity contribution in [3.8, 4) is 10.8 Å². The average molecular weight is 460 g/mol. The lowest BCUT2D eigenvalue weighted by atomic mass is 10.2. The van der Waals surface area contributed by atoms with Gasteiger partial charge in [0.1, 0.15) is 5.76 Å². The maximum absolute atomic E-state index is 13.0. The summed E-state index contributed by atoms with van der Waals surface area (Å²) >= 11 is 1.52. The summed E-state index contributed by atoms with van der Waals surface area (Å²) in [7, 11) is -3.57. The van der Waals surface area contributed by atoms with Gasteiger partial charge in [0.05, 0.1) is 21.9 Å². The quantitative estimate of drug-likeness (QED) is 0.591. The Kier molecular flexibility index (Phi) is 6.27. The topological polar surface area (TPSA) is 92.5 Å². The summed E-state index contributed by atoms with van der Waals surface area (Å²) in [6.45, 7) is 4.69. The second-order valence-electron chi connectivity index (χ2n) is 7.67. The van der Waals surface area contributed by atoms with Crippen molar-refractivity contribution in [2.24, 2.45) is 0 Å². The molecule has 0 spiro atoms. The van der Waals surface area contributed by atoms with Crippen LogP contribution in [0.25, 0.3) is 10.8 Å². The lowest BCUT2D eigenvalue weighted by molar-refractivity contribution is -0.115. The molecule has 2 aromatic heterocycles. The van der Waals surface area contributed by atoms with Crippen molar-refractivity contribution in [2.75, 3.05) is 18.4 Å². The highest BCUT2D eigenvalue weighted by molar-refractivity contribution is 7.89. The Morgan fingerprint density at radius 3 is 2.68 bits per heavy atom. The molecule has 31 heavy (non-hydrogen) atoms. The van der Waals surface area contributed by atoms with E-state index in [1.54, 1.807) is 25.1 Å². The first kappa shape index (κ1) is 21.7. The molecule has 1 aliphatic heterocycles. The number of piperidine rings is 1. The van der Waals surface area contributed by atoms with Gasteiger partial charge in [-0.15, -0.1) is 11.3 Å². The van der Waals surface area contributed by atoms with E-state index in [0.29, 0.717) is 36.1 Å². The number of sulfonamides is 1. The lowest BCUT2D eigenvalue weighted by Crippen LogP contribution is -2.35. The summed E-state index contributed by atoms with van der Waals surface area (Å²) < 4.78 is 33.2. The zero-order valence-electron chi connectivity index (χ0n) is 17.6. The molecule has 1 N–H and O–H groups in total. The number of oxazole rings is 1. The molecule has 0 radical (unpaired) electrons. The van der Waals surface area contributed by atoms with Crippen molar-refractivity contribution >= 4 is 33.0 Å². The molecule has 4 rings (SSSR count). The van der Waals surface area contributed by atoms with Crippen LogP contribution < -0.4 is 5.32 Å². The van der Waals surface area contributed by atoms with Crippen LogP contribution in [0.5, 0.6) is 0 Å². The number of benzene rings is 1. The van der Waals surface area contributed by atoms with Crippen molar-refractivity contribution in [2.45, 2.75) is 44.4 Å².